The zero-order valence-corrected chi connectivity index (χ0v) is 11.2. The van der Waals surface area contributed by atoms with E-state index in [1.807, 2.05) is 0 Å². The lowest BCUT2D eigenvalue weighted by molar-refractivity contribution is -0.385. The molecule has 1 aliphatic carbocycles. The summed E-state index contributed by atoms with van der Waals surface area (Å²) in [6, 6.07) is 3.61. The molecule has 1 aromatic rings. The largest absolute Gasteiger partial charge is 0.502 e. The lowest BCUT2D eigenvalue weighted by Gasteiger charge is -2.06. The Balaban J connectivity index is 1.83. The van der Waals surface area contributed by atoms with Crippen LogP contribution >= 0.6 is 0 Å². The predicted octanol–water partition coefficient (Wildman–Crippen LogP) is 0.699. The van der Waals surface area contributed by atoms with Gasteiger partial charge in [0.15, 0.2) is 5.75 Å². The SMILES string of the molecule is O=C(CCNC(=O)c1ccc([N+](=O)[O-])c(O)c1)NC1CC1. The predicted molar refractivity (Wildman–Crippen MR) is 72.9 cm³/mol. The van der Waals surface area contributed by atoms with Crippen molar-refractivity contribution in [3.8, 4) is 5.75 Å². The zero-order valence-electron chi connectivity index (χ0n) is 11.2. The molecule has 3 N–H and O–H groups in total. The van der Waals surface area contributed by atoms with Crippen molar-refractivity contribution >= 4 is 17.5 Å². The van der Waals surface area contributed by atoms with Crippen LogP contribution in [0.5, 0.6) is 5.75 Å². The minimum absolute atomic E-state index is 0.0979. The first-order chi connectivity index (χ1) is 9.97. The number of carbonyl (C=O) groups excluding carboxylic acids is 2. The normalized spacial score (nSPS) is 13.5. The fourth-order valence-corrected chi connectivity index (χ4v) is 1.74. The summed E-state index contributed by atoms with van der Waals surface area (Å²) in [5.74, 6) is -1.19. The van der Waals surface area contributed by atoms with Crippen LogP contribution in [0, 0.1) is 10.1 Å². The minimum atomic E-state index is -0.737. The monoisotopic (exact) mass is 293 g/mol. The van der Waals surface area contributed by atoms with E-state index in [9.17, 15) is 24.8 Å². The van der Waals surface area contributed by atoms with Gasteiger partial charge in [-0.1, -0.05) is 0 Å². The number of carbonyl (C=O) groups is 2. The Morgan fingerprint density at radius 1 is 1.38 bits per heavy atom. The highest BCUT2D eigenvalue weighted by Crippen LogP contribution is 2.26. The van der Waals surface area contributed by atoms with Gasteiger partial charge in [-0.05, 0) is 25.0 Å². The number of aromatic hydroxyl groups is 1. The summed E-state index contributed by atoms with van der Waals surface area (Å²) in [5, 5.41) is 25.3. The van der Waals surface area contributed by atoms with Crippen molar-refractivity contribution in [3.05, 3.63) is 33.9 Å². The smallest absolute Gasteiger partial charge is 0.310 e. The van der Waals surface area contributed by atoms with Gasteiger partial charge in [0.2, 0.25) is 5.91 Å². The van der Waals surface area contributed by atoms with E-state index in [2.05, 4.69) is 10.6 Å². The fourth-order valence-electron chi connectivity index (χ4n) is 1.74. The maximum absolute atomic E-state index is 11.8. The number of nitrogens with one attached hydrogen (secondary N) is 2. The first-order valence-electron chi connectivity index (χ1n) is 6.52. The molecule has 1 aromatic carbocycles. The van der Waals surface area contributed by atoms with Crippen LogP contribution in [0.15, 0.2) is 18.2 Å². The molecule has 1 fully saturated rings. The number of nitro benzene ring substituents is 1. The molecule has 1 aliphatic rings. The number of rotatable bonds is 6. The van der Waals surface area contributed by atoms with Crippen molar-refractivity contribution in [2.75, 3.05) is 6.54 Å². The van der Waals surface area contributed by atoms with E-state index in [1.165, 1.54) is 6.07 Å². The Kier molecular flexibility index (Phi) is 4.36. The van der Waals surface area contributed by atoms with E-state index in [4.69, 9.17) is 0 Å². The Morgan fingerprint density at radius 3 is 2.67 bits per heavy atom. The van der Waals surface area contributed by atoms with Crippen LogP contribution in [0.3, 0.4) is 0 Å². The Hall–Kier alpha value is -2.64. The molecule has 0 radical (unpaired) electrons. The van der Waals surface area contributed by atoms with Gasteiger partial charge >= 0.3 is 5.69 Å². The number of nitrogens with zero attached hydrogens (tertiary/aromatic N) is 1. The van der Waals surface area contributed by atoms with Crippen LogP contribution in [0.25, 0.3) is 0 Å². The van der Waals surface area contributed by atoms with Gasteiger partial charge in [0, 0.05) is 30.6 Å². The molecule has 0 heterocycles. The third-order valence-corrected chi connectivity index (χ3v) is 3.01. The van der Waals surface area contributed by atoms with Gasteiger partial charge in [0.25, 0.3) is 5.91 Å². The van der Waals surface area contributed by atoms with Crippen LogP contribution in [-0.4, -0.2) is 34.4 Å². The van der Waals surface area contributed by atoms with Crippen molar-refractivity contribution in [2.24, 2.45) is 0 Å². The molecular formula is C13H15N3O5. The Morgan fingerprint density at radius 2 is 2.10 bits per heavy atom. The quantitative estimate of drug-likeness (QED) is 0.526. The van der Waals surface area contributed by atoms with E-state index in [0.717, 1.165) is 25.0 Å². The lowest BCUT2D eigenvalue weighted by atomic mass is 10.1. The third-order valence-electron chi connectivity index (χ3n) is 3.01. The van der Waals surface area contributed by atoms with Gasteiger partial charge in [-0.2, -0.15) is 0 Å². The van der Waals surface area contributed by atoms with E-state index in [-0.39, 0.29) is 30.5 Å². The van der Waals surface area contributed by atoms with Crippen LogP contribution in [0.1, 0.15) is 29.6 Å². The number of hydrogen-bond acceptors (Lipinski definition) is 5. The average molecular weight is 293 g/mol. The standard InChI is InChI=1S/C13H15N3O5/c17-11-7-8(1-4-10(11)16(20)21)13(19)14-6-5-12(18)15-9-2-3-9/h1,4,7,9,17H,2-3,5-6H2,(H,14,19)(H,15,18). The number of benzene rings is 1. The lowest BCUT2D eigenvalue weighted by Crippen LogP contribution is -2.31. The molecule has 0 spiro atoms. The third kappa shape index (κ3) is 4.16. The highest BCUT2D eigenvalue weighted by molar-refractivity contribution is 5.95. The second-order valence-electron chi connectivity index (χ2n) is 4.81. The molecule has 0 bridgehead atoms. The Labute approximate surface area is 120 Å². The summed E-state index contributed by atoms with van der Waals surface area (Å²) in [5.41, 5.74) is -0.365. The van der Waals surface area contributed by atoms with E-state index in [1.54, 1.807) is 0 Å². The second-order valence-corrected chi connectivity index (χ2v) is 4.81. The van der Waals surface area contributed by atoms with E-state index in [0.29, 0.717) is 0 Å². The average Bonchev–Trinajstić information content (AvgIpc) is 3.21. The van der Waals surface area contributed by atoms with Crippen LogP contribution in [0.4, 0.5) is 5.69 Å². The van der Waals surface area contributed by atoms with Gasteiger partial charge < -0.3 is 15.7 Å². The minimum Gasteiger partial charge on any atom is -0.502 e. The maximum atomic E-state index is 11.8. The zero-order chi connectivity index (χ0) is 15.4. The summed E-state index contributed by atoms with van der Waals surface area (Å²) in [6.45, 7) is 0.162. The first kappa shape index (κ1) is 14.8. The van der Waals surface area contributed by atoms with Crippen LogP contribution in [0.2, 0.25) is 0 Å². The molecule has 2 rings (SSSR count). The molecule has 8 heteroatoms. The number of phenols is 1. The molecular weight excluding hydrogens is 278 g/mol. The highest BCUT2D eigenvalue weighted by Gasteiger charge is 2.23. The highest BCUT2D eigenvalue weighted by atomic mass is 16.6. The first-order valence-corrected chi connectivity index (χ1v) is 6.52. The molecule has 0 aliphatic heterocycles. The molecule has 0 saturated heterocycles. The molecule has 2 amide bonds. The molecule has 21 heavy (non-hydrogen) atoms. The van der Waals surface area contributed by atoms with Crippen molar-refractivity contribution in [3.63, 3.8) is 0 Å². The van der Waals surface area contributed by atoms with Crippen molar-refractivity contribution in [1.29, 1.82) is 0 Å². The number of nitro groups is 1. The molecule has 112 valence electrons. The molecule has 1 saturated carbocycles. The molecule has 8 nitrogen and oxygen atoms in total. The Bertz CT molecular complexity index is 583. The van der Waals surface area contributed by atoms with Gasteiger partial charge in [0.05, 0.1) is 4.92 Å². The van der Waals surface area contributed by atoms with Gasteiger partial charge in [-0.15, -0.1) is 0 Å². The van der Waals surface area contributed by atoms with Crippen molar-refractivity contribution < 1.29 is 19.6 Å². The summed E-state index contributed by atoms with van der Waals surface area (Å²) in [4.78, 5) is 33.0. The summed E-state index contributed by atoms with van der Waals surface area (Å²) >= 11 is 0. The van der Waals surface area contributed by atoms with E-state index >= 15 is 0 Å². The van der Waals surface area contributed by atoms with Crippen LogP contribution in [-0.2, 0) is 4.79 Å². The summed E-state index contributed by atoms with van der Waals surface area (Å²) < 4.78 is 0. The fraction of sp³-hybridized carbons (Fsp3) is 0.385. The molecule has 0 atom stereocenters. The maximum Gasteiger partial charge on any atom is 0.310 e. The molecule has 0 unspecified atom stereocenters. The van der Waals surface area contributed by atoms with Gasteiger partial charge in [-0.25, -0.2) is 0 Å². The van der Waals surface area contributed by atoms with E-state index < -0.39 is 22.3 Å². The van der Waals surface area contributed by atoms with Gasteiger partial charge in [0.1, 0.15) is 0 Å². The number of amides is 2. The van der Waals surface area contributed by atoms with Gasteiger partial charge in [-0.3, -0.25) is 19.7 Å². The van der Waals surface area contributed by atoms with Crippen LogP contribution < -0.4 is 10.6 Å². The molecule has 0 aromatic heterocycles. The van der Waals surface area contributed by atoms with Crippen molar-refractivity contribution in [2.45, 2.75) is 25.3 Å². The summed E-state index contributed by atoms with van der Waals surface area (Å²) in [7, 11) is 0. The summed E-state index contributed by atoms with van der Waals surface area (Å²) in [6.07, 6.45) is 2.17. The number of phenolic OH excluding ortho intramolecular Hbond substituents is 1. The second kappa shape index (κ2) is 6.21. The van der Waals surface area contributed by atoms with Crippen molar-refractivity contribution in [1.82, 2.24) is 10.6 Å². The number of hydrogen-bond donors (Lipinski definition) is 3. The topological polar surface area (TPSA) is 122 Å².